The van der Waals surface area contributed by atoms with E-state index in [1.807, 2.05) is 7.05 Å². The van der Waals surface area contributed by atoms with Crippen molar-refractivity contribution in [2.24, 2.45) is 0 Å². The molecule has 0 atom stereocenters. The molecule has 0 spiro atoms. The molecule has 0 heterocycles. The van der Waals surface area contributed by atoms with Gasteiger partial charge in [-0.25, -0.2) is 0 Å². The zero-order valence-corrected chi connectivity index (χ0v) is 18.6. The van der Waals surface area contributed by atoms with Crippen molar-refractivity contribution in [3.63, 3.8) is 0 Å². The molecule has 0 saturated heterocycles. The van der Waals surface area contributed by atoms with Gasteiger partial charge in [0.1, 0.15) is 0 Å². The van der Waals surface area contributed by atoms with Gasteiger partial charge in [0.2, 0.25) is 0 Å². The van der Waals surface area contributed by atoms with Crippen LogP contribution >= 0.6 is 12.2 Å². The lowest BCUT2D eigenvalue weighted by Gasteiger charge is -2.27. The van der Waals surface area contributed by atoms with Crippen molar-refractivity contribution < 1.29 is 0 Å². The molecule has 0 rings (SSSR count). The van der Waals surface area contributed by atoms with Crippen LogP contribution in [0.5, 0.6) is 0 Å². The standard InChI is InChI=1S/C19H43N5S/c1-17(2)22(6)12-9-15-24(14-8-11-21-19(25)20-5)16-10-13-23(7)18(3)4/h17-18H,8-16H2,1-7H3,(H2,20,21,25). The minimum Gasteiger partial charge on any atom is -0.366 e. The highest BCUT2D eigenvalue weighted by Gasteiger charge is 2.09. The van der Waals surface area contributed by atoms with E-state index in [2.05, 4.69) is 67.1 Å². The first-order chi connectivity index (χ1) is 11.8. The Kier molecular flexibility index (Phi) is 14.5. The summed E-state index contributed by atoms with van der Waals surface area (Å²) >= 11 is 5.13. The van der Waals surface area contributed by atoms with E-state index in [9.17, 15) is 0 Å². The Labute approximate surface area is 162 Å². The van der Waals surface area contributed by atoms with Crippen LogP contribution in [0.25, 0.3) is 0 Å². The lowest BCUT2D eigenvalue weighted by Crippen LogP contribution is -2.37. The molecule has 0 unspecified atom stereocenters. The van der Waals surface area contributed by atoms with Crippen LogP contribution in [0.3, 0.4) is 0 Å². The van der Waals surface area contributed by atoms with Gasteiger partial charge in [0.15, 0.2) is 5.11 Å². The van der Waals surface area contributed by atoms with Crippen LogP contribution in [0.2, 0.25) is 0 Å². The van der Waals surface area contributed by atoms with Crippen LogP contribution in [0.4, 0.5) is 0 Å². The Morgan fingerprint density at radius 3 is 1.64 bits per heavy atom. The highest BCUT2D eigenvalue weighted by atomic mass is 32.1. The molecule has 0 amide bonds. The summed E-state index contributed by atoms with van der Waals surface area (Å²) in [6, 6.07) is 1.25. The third-order valence-electron chi connectivity index (χ3n) is 4.90. The smallest absolute Gasteiger partial charge is 0.166 e. The maximum absolute atomic E-state index is 5.13. The number of nitrogens with zero attached hydrogens (tertiary/aromatic N) is 3. The second-order valence-electron chi connectivity index (χ2n) is 7.56. The second-order valence-corrected chi connectivity index (χ2v) is 7.97. The van der Waals surface area contributed by atoms with Crippen LogP contribution < -0.4 is 10.6 Å². The Morgan fingerprint density at radius 1 is 0.800 bits per heavy atom. The molecule has 25 heavy (non-hydrogen) atoms. The van der Waals surface area contributed by atoms with Gasteiger partial charge in [-0.15, -0.1) is 0 Å². The number of hydrogen-bond donors (Lipinski definition) is 2. The molecular formula is C19H43N5S. The minimum atomic E-state index is 0.625. The third-order valence-corrected chi connectivity index (χ3v) is 5.25. The molecule has 6 heteroatoms. The summed E-state index contributed by atoms with van der Waals surface area (Å²) in [7, 11) is 6.29. The van der Waals surface area contributed by atoms with Crippen molar-refractivity contribution in [2.45, 2.75) is 59.0 Å². The third kappa shape index (κ3) is 13.4. The van der Waals surface area contributed by atoms with E-state index in [1.54, 1.807) is 0 Å². The summed E-state index contributed by atoms with van der Waals surface area (Å²) in [5, 5.41) is 6.95. The number of nitrogens with one attached hydrogen (secondary N) is 2. The fourth-order valence-electron chi connectivity index (χ4n) is 2.53. The van der Waals surface area contributed by atoms with E-state index in [-0.39, 0.29) is 0 Å². The monoisotopic (exact) mass is 373 g/mol. The van der Waals surface area contributed by atoms with E-state index in [0.717, 1.165) is 24.6 Å². The largest absolute Gasteiger partial charge is 0.366 e. The van der Waals surface area contributed by atoms with E-state index in [4.69, 9.17) is 12.2 Å². The predicted molar refractivity (Wildman–Crippen MR) is 115 cm³/mol. The lowest BCUT2D eigenvalue weighted by atomic mass is 10.2. The number of rotatable bonds is 14. The van der Waals surface area contributed by atoms with Crippen molar-refractivity contribution in [3.8, 4) is 0 Å². The van der Waals surface area contributed by atoms with Crippen molar-refractivity contribution in [1.82, 2.24) is 25.3 Å². The fraction of sp³-hybridized carbons (Fsp3) is 0.947. The van der Waals surface area contributed by atoms with Gasteiger partial charge in [-0.05, 0) is 106 Å². The molecule has 0 aliphatic heterocycles. The summed E-state index contributed by atoms with van der Waals surface area (Å²) < 4.78 is 0. The molecule has 0 fully saturated rings. The normalized spacial score (nSPS) is 12.0. The lowest BCUT2D eigenvalue weighted by molar-refractivity contribution is 0.206. The Balaban J connectivity index is 4.18. The maximum atomic E-state index is 5.13. The van der Waals surface area contributed by atoms with Crippen LogP contribution in [0.1, 0.15) is 47.0 Å². The average molecular weight is 374 g/mol. The minimum absolute atomic E-state index is 0.625. The predicted octanol–water partition coefficient (Wildman–Crippen LogP) is 2.23. The topological polar surface area (TPSA) is 33.8 Å². The van der Waals surface area contributed by atoms with Crippen molar-refractivity contribution >= 4 is 17.3 Å². The van der Waals surface area contributed by atoms with Crippen molar-refractivity contribution in [3.05, 3.63) is 0 Å². The average Bonchev–Trinajstić information content (AvgIpc) is 2.57. The molecule has 2 N–H and O–H groups in total. The summed E-state index contributed by atoms with van der Waals surface area (Å²) in [4.78, 5) is 7.47. The summed E-state index contributed by atoms with van der Waals surface area (Å²) in [5.41, 5.74) is 0. The highest BCUT2D eigenvalue weighted by molar-refractivity contribution is 7.80. The fourth-order valence-corrected chi connectivity index (χ4v) is 2.63. The first-order valence-corrected chi connectivity index (χ1v) is 10.3. The van der Waals surface area contributed by atoms with Crippen molar-refractivity contribution in [1.29, 1.82) is 0 Å². The molecule has 0 aliphatic rings. The van der Waals surface area contributed by atoms with E-state index in [0.29, 0.717) is 12.1 Å². The van der Waals surface area contributed by atoms with Gasteiger partial charge in [-0.2, -0.15) is 0 Å². The first-order valence-electron chi connectivity index (χ1n) is 9.86. The van der Waals surface area contributed by atoms with Gasteiger partial charge >= 0.3 is 0 Å². The van der Waals surface area contributed by atoms with E-state index < -0.39 is 0 Å². The summed E-state index contributed by atoms with van der Waals surface area (Å²) in [6.45, 7) is 15.8. The maximum Gasteiger partial charge on any atom is 0.166 e. The second kappa shape index (κ2) is 14.7. The van der Waals surface area contributed by atoms with Gasteiger partial charge in [0.05, 0.1) is 0 Å². The van der Waals surface area contributed by atoms with Crippen LogP contribution in [0.15, 0.2) is 0 Å². The molecule has 0 aromatic carbocycles. The van der Waals surface area contributed by atoms with Gasteiger partial charge in [0.25, 0.3) is 0 Å². The molecule has 0 aromatic heterocycles. The first kappa shape index (κ1) is 24.6. The molecule has 0 saturated carbocycles. The van der Waals surface area contributed by atoms with Gasteiger partial charge < -0.3 is 25.3 Å². The summed E-state index contributed by atoms with van der Waals surface area (Å²) in [5.74, 6) is 0. The zero-order chi connectivity index (χ0) is 19.2. The Hall–Kier alpha value is -0.430. The SMILES string of the molecule is CNC(=S)NCCCN(CCCN(C)C(C)C)CCCN(C)C(C)C. The van der Waals surface area contributed by atoms with Gasteiger partial charge in [-0.3, -0.25) is 0 Å². The molecule has 0 aromatic rings. The molecule has 5 nitrogen and oxygen atoms in total. The quantitative estimate of drug-likeness (QED) is 0.359. The molecule has 0 radical (unpaired) electrons. The molecular weight excluding hydrogens is 330 g/mol. The van der Waals surface area contributed by atoms with Crippen LogP contribution in [0, 0.1) is 0 Å². The van der Waals surface area contributed by atoms with E-state index >= 15 is 0 Å². The Morgan fingerprint density at radius 2 is 1.24 bits per heavy atom. The van der Waals surface area contributed by atoms with Crippen molar-refractivity contribution in [2.75, 3.05) is 60.4 Å². The van der Waals surface area contributed by atoms with Gasteiger partial charge in [-0.1, -0.05) is 0 Å². The summed E-state index contributed by atoms with van der Waals surface area (Å²) in [6.07, 6.45) is 3.59. The zero-order valence-electron chi connectivity index (χ0n) is 17.8. The highest BCUT2D eigenvalue weighted by Crippen LogP contribution is 2.02. The Bertz CT molecular complexity index is 316. The number of hydrogen-bond acceptors (Lipinski definition) is 4. The van der Waals surface area contributed by atoms with Crippen LogP contribution in [-0.2, 0) is 0 Å². The molecule has 0 bridgehead atoms. The molecule has 0 aliphatic carbocycles. The van der Waals surface area contributed by atoms with Crippen LogP contribution in [-0.4, -0.2) is 92.3 Å². The van der Waals surface area contributed by atoms with E-state index in [1.165, 1.54) is 39.0 Å². The number of thiocarbonyl (C=S) groups is 1. The van der Waals surface area contributed by atoms with Gasteiger partial charge in [0, 0.05) is 25.7 Å². The molecule has 150 valence electrons.